The summed E-state index contributed by atoms with van der Waals surface area (Å²) in [5.41, 5.74) is 3.95. The Morgan fingerprint density at radius 1 is 0.960 bits per heavy atom. The number of rotatable bonds is 7. The first-order valence-corrected chi connectivity index (χ1v) is 8.29. The van der Waals surface area contributed by atoms with Crippen LogP contribution in [0.25, 0.3) is 0 Å². The average molecular weight is 337 g/mol. The highest BCUT2D eigenvalue weighted by atomic mass is 16.5. The number of allylic oxidation sites excluding steroid dienone is 1. The number of aryl methyl sites for hydroxylation is 2. The molecule has 2 rings (SSSR count). The summed E-state index contributed by atoms with van der Waals surface area (Å²) in [5, 5.41) is 3.02. The molecule has 4 heteroatoms. The Bertz CT molecular complexity index is 759. The molecule has 2 aromatic carbocycles. The number of ketones is 1. The Morgan fingerprint density at radius 3 is 2.08 bits per heavy atom. The fourth-order valence-corrected chi connectivity index (χ4v) is 2.23. The first kappa shape index (κ1) is 18.5. The number of esters is 1. The molecule has 0 aliphatic carbocycles. The molecule has 4 nitrogen and oxygen atoms in total. The summed E-state index contributed by atoms with van der Waals surface area (Å²) >= 11 is 0. The van der Waals surface area contributed by atoms with E-state index in [2.05, 4.69) is 5.32 Å². The highest BCUT2D eigenvalue weighted by Gasteiger charge is 2.13. The molecule has 0 fully saturated rings. The van der Waals surface area contributed by atoms with Crippen LogP contribution < -0.4 is 5.32 Å². The molecule has 0 aliphatic heterocycles. The molecular weight excluding hydrogens is 314 g/mol. The van der Waals surface area contributed by atoms with Gasteiger partial charge < -0.3 is 10.1 Å². The first-order valence-electron chi connectivity index (χ1n) is 8.29. The van der Waals surface area contributed by atoms with E-state index < -0.39 is 5.97 Å². The molecule has 0 heterocycles. The standard InChI is InChI=1S/C21H23NO3/c1-4-25-21(24)19(22-14-17-9-5-15(2)6-10-17)13-20(23)18-11-7-16(3)8-12-18/h5-13,22H,4,14H2,1-3H3. The summed E-state index contributed by atoms with van der Waals surface area (Å²) in [5.74, 6) is -0.769. The van der Waals surface area contributed by atoms with Gasteiger partial charge in [0.15, 0.2) is 5.78 Å². The molecule has 0 saturated heterocycles. The number of carbonyl (C=O) groups excluding carboxylic acids is 2. The second-order valence-corrected chi connectivity index (χ2v) is 5.85. The van der Waals surface area contributed by atoms with Crippen molar-refractivity contribution in [3.05, 3.63) is 82.6 Å². The van der Waals surface area contributed by atoms with Gasteiger partial charge in [-0.2, -0.15) is 0 Å². The molecular formula is C21H23NO3. The van der Waals surface area contributed by atoms with Crippen molar-refractivity contribution in [1.82, 2.24) is 5.32 Å². The number of hydrogen-bond donors (Lipinski definition) is 1. The van der Waals surface area contributed by atoms with Crippen molar-refractivity contribution in [1.29, 1.82) is 0 Å². The van der Waals surface area contributed by atoms with E-state index in [4.69, 9.17) is 4.74 Å². The van der Waals surface area contributed by atoms with Gasteiger partial charge in [-0.25, -0.2) is 4.79 Å². The zero-order valence-electron chi connectivity index (χ0n) is 14.8. The molecule has 130 valence electrons. The Morgan fingerprint density at radius 2 is 1.52 bits per heavy atom. The van der Waals surface area contributed by atoms with Crippen molar-refractivity contribution in [2.24, 2.45) is 0 Å². The maximum absolute atomic E-state index is 12.4. The van der Waals surface area contributed by atoms with Gasteiger partial charge in [0.05, 0.1) is 6.61 Å². The molecule has 0 atom stereocenters. The maximum atomic E-state index is 12.4. The molecule has 0 saturated carbocycles. The second kappa shape index (κ2) is 8.83. The summed E-state index contributed by atoms with van der Waals surface area (Å²) in [6, 6.07) is 15.2. The second-order valence-electron chi connectivity index (χ2n) is 5.85. The summed E-state index contributed by atoms with van der Waals surface area (Å²) in [4.78, 5) is 24.5. The van der Waals surface area contributed by atoms with Crippen LogP contribution in [-0.4, -0.2) is 18.4 Å². The van der Waals surface area contributed by atoms with Gasteiger partial charge in [-0.15, -0.1) is 0 Å². The summed E-state index contributed by atoms with van der Waals surface area (Å²) in [6.45, 7) is 6.39. The van der Waals surface area contributed by atoms with Crippen molar-refractivity contribution in [2.45, 2.75) is 27.3 Å². The Hall–Kier alpha value is -2.88. The lowest BCUT2D eigenvalue weighted by molar-refractivity contribution is -0.139. The van der Waals surface area contributed by atoms with E-state index >= 15 is 0 Å². The Labute approximate surface area is 148 Å². The maximum Gasteiger partial charge on any atom is 0.354 e. The van der Waals surface area contributed by atoms with E-state index in [9.17, 15) is 9.59 Å². The van der Waals surface area contributed by atoms with Crippen LogP contribution in [0, 0.1) is 13.8 Å². The van der Waals surface area contributed by atoms with Crippen LogP contribution in [0.1, 0.15) is 34.0 Å². The molecule has 0 amide bonds. The van der Waals surface area contributed by atoms with Crippen LogP contribution in [0.5, 0.6) is 0 Å². The number of ether oxygens (including phenoxy) is 1. The average Bonchev–Trinajstić information content (AvgIpc) is 2.60. The zero-order chi connectivity index (χ0) is 18.2. The quantitative estimate of drug-likeness (QED) is 0.475. The highest BCUT2D eigenvalue weighted by Crippen LogP contribution is 2.08. The van der Waals surface area contributed by atoms with Crippen LogP contribution in [0.2, 0.25) is 0 Å². The van der Waals surface area contributed by atoms with Gasteiger partial charge in [0.25, 0.3) is 0 Å². The van der Waals surface area contributed by atoms with E-state index in [-0.39, 0.29) is 18.1 Å². The molecule has 25 heavy (non-hydrogen) atoms. The van der Waals surface area contributed by atoms with Crippen LogP contribution in [-0.2, 0) is 16.1 Å². The van der Waals surface area contributed by atoms with Crippen molar-refractivity contribution in [2.75, 3.05) is 6.61 Å². The monoisotopic (exact) mass is 337 g/mol. The van der Waals surface area contributed by atoms with Crippen LogP contribution in [0.15, 0.2) is 60.3 Å². The molecule has 1 N–H and O–H groups in total. The molecule has 0 bridgehead atoms. The molecule has 0 unspecified atom stereocenters. The lowest BCUT2D eigenvalue weighted by Crippen LogP contribution is -2.23. The SMILES string of the molecule is CCOC(=O)C(=CC(=O)c1ccc(C)cc1)NCc1ccc(C)cc1. The summed E-state index contributed by atoms with van der Waals surface area (Å²) in [7, 11) is 0. The minimum Gasteiger partial charge on any atom is -0.461 e. The van der Waals surface area contributed by atoms with Gasteiger partial charge in [0.1, 0.15) is 5.70 Å². The van der Waals surface area contributed by atoms with Gasteiger partial charge in [-0.05, 0) is 26.3 Å². The number of benzene rings is 2. The molecule has 2 aromatic rings. The topological polar surface area (TPSA) is 55.4 Å². The zero-order valence-corrected chi connectivity index (χ0v) is 14.8. The minimum absolute atomic E-state index is 0.160. The first-order chi connectivity index (χ1) is 12.0. The Kier molecular flexibility index (Phi) is 6.52. The van der Waals surface area contributed by atoms with Gasteiger partial charge in [-0.3, -0.25) is 4.79 Å². The van der Waals surface area contributed by atoms with Gasteiger partial charge in [-0.1, -0.05) is 59.7 Å². The fraction of sp³-hybridized carbons (Fsp3) is 0.238. The third kappa shape index (κ3) is 5.60. The lowest BCUT2D eigenvalue weighted by Gasteiger charge is -2.10. The van der Waals surface area contributed by atoms with E-state index in [0.29, 0.717) is 12.1 Å². The van der Waals surface area contributed by atoms with Gasteiger partial charge >= 0.3 is 5.97 Å². The predicted octanol–water partition coefficient (Wildman–Crippen LogP) is 3.72. The molecule has 0 radical (unpaired) electrons. The number of carbonyl (C=O) groups is 2. The third-order valence-electron chi connectivity index (χ3n) is 3.71. The third-order valence-corrected chi connectivity index (χ3v) is 3.71. The van der Waals surface area contributed by atoms with Crippen molar-refractivity contribution >= 4 is 11.8 Å². The summed E-state index contributed by atoms with van der Waals surface area (Å²) < 4.78 is 5.05. The van der Waals surface area contributed by atoms with Crippen LogP contribution in [0.4, 0.5) is 0 Å². The number of nitrogens with one attached hydrogen (secondary N) is 1. The Balaban J connectivity index is 2.16. The van der Waals surface area contributed by atoms with E-state index in [1.165, 1.54) is 11.6 Å². The largest absolute Gasteiger partial charge is 0.461 e. The van der Waals surface area contributed by atoms with Gasteiger partial charge in [0.2, 0.25) is 0 Å². The molecule has 0 aliphatic rings. The van der Waals surface area contributed by atoms with Gasteiger partial charge in [0, 0.05) is 18.2 Å². The van der Waals surface area contributed by atoms with Crippen molar-refractivity contribution < 1.29 is 14.3 Å². The van der Waals surface area contributed by atoms with E-state index in [0.717, 1.165) is 11.1 Å². The fourth-order valence-electron chi connectivity index (χ4n) is 2.23. The smallest absolute Gasteiger partial charge is 0.354 e. The summed E-state index contributed by atoms with van der Waals surface area (Å²) in [6.07, 6.45) is 1.30. The lowest BCUT2D eigenvalue weighted by atomic mass is 10.1. The highest BCUT2D eigenvalue weighted by molar-refractivity contribution is 6.08. The van der Waals surface area contributed by atoms with Crippen molar-refractivity contribution in [3.8, 4) is 0 Å². The van der Waals surface area contributed by atoms with E-state index in [1.54, 1.807) is 19.1 Å². The predicted molar refractivity (Wildman–Crippen MR) is 98.2 cm³/mol. The normalized spacial score (nSPS) is 11.1. The molecule has 0 aromatic heterocycles. The van der Waals surface area contributed by atoms with Crippen LogP contribution in [0.3, 0.4) is 0 Å². The van der Waals surface area contributed by atoms with E-state index in [1.807, 2.05) is 50.2 Å². The van der Waals surface area contributed by atoms with Crippen LogP contribution >= 0.6 is 0 Å². The van der Waals surface area contributed by atoms with Crippen molar-refractivity contribution in [3.63, 3.8) is 0 Å². The number of hydrogen-bond acceptors (Lipinski definition) is 4. The molecule has 0 spiro atoms. The minimum atomic E-state index is -0.532.